The van der Waals surface area contributed by atoms with Gasteiger partial charge in [0.15, 0.2) is 0 Å². The molecule has 0 aliphatic heterocycles. The topological polar surface area (TPSA) is 39.2 Å². The van der Waals surface area contributed by atoms with E-state index in [-0.39, 0.29) is 5.97 Å². The number of hydrogen-bond donors (Lipinski definition) is 0. The van der Waals surface area contributed by atoms with Gasteiger partial charge in [-0.25, -0.2) is 4.79 Å². The van der Waals surface area contributed by atoms with Gasteiger partial charge in [-0.3, -0.25) is 4.98 Å². The molecular formula is C14H19NO2. The van der Waals surface area contributed by atoms with E-state index in [0.717, 1.165) is 17.9 Å². The van der Waals surface area contributed by atoms with E-state index < -0.39 is 0 Å². The highest BCUT2D eigenvalue weighted by Gasteiger charge is 2.15. The number of pyridine rings is 1. The molecule has 1 aliphatic rings. The predicted octanol–water partition coefficient (Wildman–Crippen LogP) is 2.99. The molecule has 0 spiro atoms. The quantitative estimate of drug-likeness (QED) is 0.753. The number of esters is 1. The van der Waals surface area contributed by atoms with E-state index in [4.69, 9.17) is 4.74 Å². The summed E-state index contributed by atoms with van der Waals surface area (Å²) in [5.74, 6) is 0.460. The summed E-state index contributed by atoms with van der Waals surface area (Å²) in [5.41, 5.74) is 1.71. The highest BCUT2D eigenvalue weighted by Crippen LogP contribution is 2.26. The number of carbonyl (C=O) groups is 1. The number of carbonyl (C=O) groups excluding carboxylic acids is 1. The second-order valence-corrected chi connectivity index (χ2v) is 4.78. The molecule has 0 unspecified atom stereocenters. The van der Waals surface area contributed by atoms with Crippen molar-refractivity contribution in [3.05, 3.63) is 29.6 Å². The first-order valence-corrected chi connectivity index (χ1v) is 6.32. The van der Waals surface area contributed by atoms with Crippen molar-refractivity contribution in [2.24, 2.45) is 5.92 Å². The number of methoxy groups -OCH3 is 1. The second-order valence-electron chi connectivity index (χ2n) is 4.78. The lowest BCUT2D eigenvalue weighted by atomic mass is 9.85. The zero-order valence-electron chi connectivity index (χ0n) is 10.3. The van der Waals surface area contributed by atoms with Crippen molar-refractivity contribution in [1.29, 1.82) is 0 Å². The van der Waals surface area contributed by atoms with Crippen LogP contribution >= 0.6 is 0 Å². The molecule has 0 atom stereocenters. The zero-order chi connectivity index (χ0) is 12.1. The van der Waals surface area contributed by atoms with Crippen LogP contribution in [0.5, 0.6) is 0 Å². The number of rotatable bonds is 3. The summed E-state index contributed by atoms with van der Waals surface area (Å²) >= 11 is 0. The van der Waals surface area contributed by atoms with E-state index in [2.05, 4.69) is 4.98 Å². The van der Waals surface area contributed by atoms with E-state index in [1.165, 1.54) is 39.2 Å². The normalized spacial score (nSPS) is 16.8. The first kappa shape index (κ1) is 12.1. The summed E-state index contributed by atoms with van der Waals surface area (Å²) in [6, 6.07) is 1.91. The minimum Gasteiger partial charge on any atom is -0.465 e. The Morgan fingerprint density at radius 2 is 2.12 bits per heavy atom. The minimum absolute atomic E-state index is 0.303. The van der Waals surface area contributed by atoms with E-state index in [1.54, 1.807) is 6.20 Å². The molecule has 3 nitrogen and oxygen atoms in total. The molecule has 92 valence electrons. The molecule has 1 aromatic rings. The summed E-state index contributed by atoms with van der Waals surface area (Å²) in [4.78, 5) is 15.5. The minimum atomic E-state index is -0.303. The second kappa shape index (κ2) is 5.80. The lowest BCUT2D eigenvalue weighted by Gasteiger charge is -2.21. The zero-order valence-corrected chi connectivity index (χ0v) is 10.3. The SMILES string of the molecule is COC(=O)c1cncc(CC2CCCCC2)c1. The van der Waals surface area contributed by atoms with Gasteiger partial charge in [0.1, 0.15) is 0 Å². The van der Waals surface area contributed by atoms with Crippen LogP contribution in [0.15, 0.2) is 18.5 Å². The van der Waals surface area contributed by atoms with Gasteiger partial charge in [-0.2, -0.15) is 0 Å². The molecule has 0 aromatic carbocycles. The highest BCUT2D eigenvalue weighted by molar-refractivity contribution is 5.89. The van der Waals surface area contributed by atoms with Crippen LogP contribution in [0.25, 0.3) is 0 Å². The van der Waals surface area contributed by atoms with Crippen LogP contribution in [0.2, 0.25) is 0 Å². The average Bonchev–Trinajstić information content (AvgIpc) is 2.39. The molecule has 0 bridgehead atoms. The summed E-state index contributed by atoms with van der Waals surface area (Å²) < 4.78 is 4.70. The molecule has 1 saturated carbocycles. The fourth-order valence-corrected chi connectivity index (χ4v) is 2.55. The Labute approximate surface area is 102 Å². The molecule has 1 heterocycles. The first-order chi connectivity index (χ1) is 8.29. The Balaban J connectivity index is 2.02. The lowest BCUT2D eigenvalue weighted by Crippen LogP contribution is -2.10. The molecule has 0 saturated heterocycles. The fraction of sp³-hybridized carbons (Fsp3) is 0.571. The van der Waals surface area contributed by atoms with E-state index in [9.17, 15) is 4.79 Å². The monoisotopic (exact) mass is 233 g/mol. The van der Waals surface area contributed by atoms with Crippen molar-refractivity contribution < 1.29 is 9.53 Å². The third-order valence-electron chi connectivity index (χ3n) is 3.47. The van der Waals surface area contributed by atoms with Crippen LogP contribution in [0, 0.1) is 5.92 Å². The van der Waals surface area contributed by atoms with Crippen LogP contribution in [0.3, 0.4) is 0 Å². The Bertz CT molecular complexity index is 384. The Hall–Kier alpha value is -1.38. The van der Waals surface area contributed by atoms with E-state index in [1.807, 2.05) is 12.3 Å². The molecule has 0 amide bonds. The molecule has 1 aliphatic carbocycles. The number of hydrogen-bond acceptors (Lipinski definition) is 3. The number of aromatic nitrogens is 1. The standard InChI is InChI=1S/C14H19NO2/c1-17-14(16)13-8-12(9-15-10-13)7-11-5-3-2-4-6-11/h8-11H,2-7H2,1H3. The smallest absolute Gasteiger partial charge is 0.339 e. The molecule has 1 fully saturated rings. The molecule has 0 N–H and O–H groups in total. The molecule has 2 rings (SSSR count). The van der Waals surface area contributed by atoms with Crippen molar-refractivity contribution >= 4 is 5.97 Å². The summed E-state index contributed by atoms with van der Waals surface area (Å²) in [6.07, 6.45) is 11.1. The third-order valence-corrected chi connectivity index (χ3v) is 3.47. The molecule has 17 heavy (non-hydrogen) atoms. The summed E-state index contributed by atoms with van der Waals surface area (Å²) in [5, 5.41) is 0. The Morgan fingerprint density at radius 3 is 2.82 bits per heavy atom. The van der Waals surface area contributed by atoms with Crippen molar-refractivity contribution in [3.63, 3.8) is 0 Å². The van der Waals surface area contributed by atoms with Gasteiger partial charge in [-0.1, -0.05) is 32.1 Å². The number of nitrogens with zero attached hydrogens (tertiary/aromatic N) is 1. The van der Waals surface area contributed by atoms with Crippen LogP contribution < -0.4 is 0 Å². The largest absolute Gasteiger partial charge is 0.465 e. The Kier molecular flexibility index (Phi) is 4.13. The average molecular weight is 233 g/mol. The summed E-state index contributed by atoms with van der Waals surface area (Å²) in [7, 11) is 1.40. The maximum atomic E-state index is 11.4. The van der Waals surface area contributed by atoms with Crippen LogP contribution in [0.1, 0.15) is 48.0 Å². The van der Waals surface area contributed by atoms with Crippen molar-refractivity contribution in [2.75, 3.05) is 7.11 Å². The van der Waals surface area contributed by atoms with Gasteiger partial charge < -0.3 is 4.74 Å². The first-order valence-electron chi connectivity index (χ1n) is 6.32. The lowest BCUT2D eigenvalue weighted by molar-refractivity contribution is 0.0600. The molecule has 3 heteroatoms. The maximum Gasteiger partial charge on any atom is 0.339 e. The number of ether oxygens (including phenoxy) is 1. The van der Waals surface area contributed by atoms with Crippen molar-refractivity contribution in [1.82, 2.24) is 4.98 Å². The predicted molar refractivity (Wildman–Crippen MR) is 65.9 cm³/mol. The fourth-order valence-electron chi connectivity index (χ4n) is 2.55. The van der Waals surface area contributed by atoms with Gasteiger partial charge in [0.25, 0.3) is 0 Å². The molecule has 0 radical (unpaired) electrons. The van der Waals surface area contributed by atoms with E-state index in [0.29, 0.717) is 5.56 Å². The van der Waals surface area contributed by atoms with Gasteiger partial charge in [-0.05, 0) is 24.0 Å². The maximum absolute atomic E-state index is 11.4. The highest BCUT2D eigenvalue weighted by atomic mass is 16.5. The van der Waals surface area contributed by atoms with Crippen LogP contribution in [-0.2, 0) is 11.2 Å². The summed E-state index contributed by atoms with van der Waals surface area (Å²) in [6.45, 7) is 0. The third kappa shape index (κ3) is 3.29. The van der Waals surface area contributed by atoms with Gasteiger partial charge >= 0.3 is 5.97 Å². The van der Waals surface area contributed by atoms with E-state index >= 15 is 0 Å². The Morgan fingerprint density at radius 1 is 1.35 bits per heavy atom. The van der Waals surface area contributed by atoms with Crippen LogP contribution in [0.4, 0.5) is 0 Å². The molecular weight excluding hydrogens is 214 g/mol. The van der Waals surface area contributed by atoms with Crippen molar-refractivity contribution in [3.8, 4) is 0 Å². The van der Waals surface area contributed by atoms with Gasteiger partial charge in [-0.15, -0.1) is 0 Å². The van der Waals surface area contributed by atoms with Gasteiger partial charge in [0, 0.05) is 12.4 Å². The van der Waals surface area contributed by atoms with Crippen molar-refractivity contribution in [2.45, 2.75) is 38.5 Å². The molecule has 1 aromatic heterocycles. The van der Waals surface area contributed by atoms with Gasteiger partial charge in [0.2, 0.25) is 0 Å². The van der Waals surface area contributed by atoms with Crippen LogP contribution in [-0.4, -0.2) is 18.1 Å². The van der Waals surface area contributed by atoms with Gasteiger partial charge in [0.05, 0.1) is 12.7 Å².